The largest absolute Gasteiger partial charge is 0.383 e. The van der Waals surface area contributed by atoms with Gasteiger partial charge in [0.05, 0.1) is 27.0 Å². The standard InChI is InChI=1S/C37H30FN9O2S.C2H6/c38-24-19-27(31-30(20-24)50-36(44-31)33(40)48)37(49)46-17-15-45(16-18-46)21-22-8-10-25(11-9-22)47-34(26-7-4-14-41-32(26)39)43-29-13-12-28(42-35(29)47)23-5-2-1-3-6-23;1-2/h1-14,19-20H,15-18,21H2,(H2,39,41)(H2,40,48);1-2H3. The number of fused-ring (bicyclic) bond motifs is 2. The predicted octanol–water partition coefficient (Wildman–Crippen LogP) is 6.56. The number of imidazole rings is 1. The van der Waals surface area contributed by atoms with Gasteiger partial charge in [0.25, 0.3) is 11.8 Å². The molecular formula is C39H36FN9O2S. The molecule has 8 rings (SSSR count). The number of carbonyl (C=O) groups excluding carboxylic acids is 2. The van der Waals surface area contributed by atoms with E-state index in [1.807, 2.05) is 85.1 Å². The zero-order valence-corrected chi connectivity index (χ0v) is 29.5. The van der Waals surface area contributed by atoms with Crippen LogP contribution in [0.25, 0.3) is 49.7 Å². The van der Waals surface area contributed by atoms with Crippen LogP contribution in [0.3, 0.4) is 0 Å². The van der Waals surface area contributed by atoms with E-state index in [-0.39, 0.29) is 16.5 Å². The molecule has 5 heterocycles. The Balaban J connectivity index is 0.00000207. The van der Waals surface area contributed by atoms with Crippen molar-refractivity contribution in [1.29, 1.82) is 0 Å². The molecule has 0 unspecified atom stereocenters. The summed E-state index contributed by atoms with van der Waals surface area (Å²) in [5.74, 6) is -0.560. The third kappa shape index (κ3) is 6.71. The minimum Gasteiger partial charge on any atom is -0.383 e. The van der Waals surface area contributed by atoms with E-state index in [9.17, 15) is 14.0 Å². The van der Waals surface area contributed by atoms with Crippen LogP contribution in [0.4, 0.5) is 10.2 Å². The molecule has 4 aromatic heterocycles. The van der Waals surface area contributed by atoms with E-state index >= 15 is 0 Å². The van der Waals surface area contributed by atoms with Crippen molar-refractivity contribution in [2.45, 2.75) is 20.4 Å². The summed E-state index contributed by atoms with van der Waals surface area (Å²) in [6, 6.07) is 28.4. The number of thiazole rings is 1. The Hall–Kier alpha value is -6.05. The highest BCUT2D eigenvalue weighted by Gasteiger charge is 2.26. The number of aromatic nitrogens is 5. The maximum atomic E-state index is 14.4. The van der Waals surface area contributed by atoms with Crippen molar-refractivity contribution in [3.8, 4) is 28.3 Å². The van der Waals surface area contributed by atoms with Crippen molar-refractivity contribution < 1.29 is 14.0 Å². The lowest BCUT2D eigenvalue weighted by Crippen LogP contribution is -2.48. The van der Waals surface area contributed by atoms with Crippen molar-refractivity contribution in [2.75, 3.05) is 31.9 Å². The van der Waals surface area contributed by atoms with Crippen LogP contribution in [0.15, 0.2) is 97.2 Å². The van der Waals surface area contributed by atoms with Crippen molar-refractivity contribution in [3.63, 3.8) is 0 Å². The SMILES string of the molecule is CC.NC(=O)c1nc2c(C(=O)N3CCN(Cc4ccc(-n5c(-c6cccnc6N)nc6ccc(-c7ccccc7)nc65)cc4)CC3)cc(F)cc2s1. The van der Waals surface area contributed by atoms with Gasteiger partial charge >= 0.3 is 0 Å². The van der Waals surface area contributed by atoms with Gasteiger partial charge in [0.1, 0.15) is 17.2 Å². The molecule has 1 fully saturated rings. The summed E-state index contributed by atoms with van der Waals surface area (Å²) in [6.45, 7) is 6.89. The molecule has 11 nitrogen and oxygen atoms in total. The quantitative estimate of drug-likeness (QED) is 0.189. The molecule has 1 aliphatic rings. The smallest absolute Gasteiger partial charge is 0.277 e. The van der Waals surface area contributed by atoms with E-state index in [1.165, 1.54) is 12.1 Å². The van der Waals surface area contributed by atoms with E-state index in [1.54, 1.807) is 11.1 Å². The third-order valence-electron chi connectivity index (χ3n) is 8.81. The van der Waals surface area contributed by atoms with Crippen LogP contribution in [0.5, 0.6) is 0 Å². The lowest BCUT2D eigenvalue weighted by molar-refractivity contribution is 0.0629. The van der Waals surface area contributed by atoms with Crippen LogP contribution in [0.1, 0.15) is 39.6 Å². The van der Waals surface area contributed by atoms with Gasteiger partial charge in [-0.25, -0.2) is 24.3 Å². The maximum Gasteiger partial charge on any atom is 0.277 e. The van der Waals surface area contributed by atoms with Crippen molar-refractivity contribution in [1.82, 2.24) is 34.3 Å². The van der Waals surface area contributed by atoms with Gasteiger partial charge in [-0.05, 0) is 54.1 Å². The fourth-order valence-electron chi connectivity index (χ4n) is 6.31. The van der Waals surface area contributed by atoms with Crippen LogP contribution in [-0.2, 0) is 6.54 Å². The second kappa shape index (κ2) is 14.7. The number of piperazine rings is 1. The molecule has 0 bridgehead atoms. The van der Waals surface area contributed by atoms with Crippen LogP contribution in [0.2, 0.25) is 0 Å². The van der Waals surface area contributed by atoms with E-state index in [2.05, 4.69) is 27.0 Å². The highest BCUT2D eigenvalue weighted by molar-refractivity contribution is 7.20. The topological polar surface area (TPSA) is 149 Å². The van der Waals surface area contributed by atoms with E-state index in [4.69, 9.17) is 21.4 Å². The Labute approximate surface area is 303 Å². The van der Waals surface area contributed by atoms with Gasteiger partial charge in [-0.2, -0.15) is 0 Å². The molecule has 1 saturated heterocycles. The van der Waals surface area contributed by atoms with Crippen LogP contribution in [-0.4, -0.2) is 72.3 Å². The Morgan fingerprint density at radius 2 is 1.62 bits per heavy atom. The Kier molecular flexibility index (Phi) is 9.70. The summed E-state index contributed by atoms with van der Waals surface area (Å²) in [4.78, 5) is 47.6. The molecule has 0 aliphatic carbocycles. The number of halogens is 1. The summed E-state index contributed by atoms with van der Waals surface area (Å²) in [6.07, 6.45) is 1.66. The van der Waals surface area contributed by atoms with E-state index in [0.717, 1.165) is 39.4 Å². The molecule has 0 atom stereocenters. The molecule has 0 radical (unpaired) electrons. The minimum atomic E-state index is -0.711. The van der Waals surface area contributed by atoms with Gasteiger partial charge in [0.15, 0.2) is 16.5 Å². The number of nitrogen functional groups attached to an aromatic ring is 1. The first kappa shape index (κ1) is 34.4. The van der Waals surface area contributed by atoms with Crippen molar-refractivity contribution in [2.24, 2.45) is 5.73 Å². The molecule has 2 amide bonds. The summed E-state index contributed by atoms with van der Waals surface area (Å²) in [7, 11) is 0. The summed E-state index contributed by atoms with van der Waals surface area (Å²) in [5.41, 5.74) is 18.1. The van der Waals surface area contributed by atoms with Gasteiger partial charge < -0.3 is 16.4 Å². The second-order valence-corrected chi connectivity index (χ2v) is 13.1. The zero-order valence-electron chi connectivity index (χ0n) is 28.7. The number of amides is 2. The number of carbonyl (C=O) groups is 2. The summed E-state index contributed by atoms with van der Waals surface area (Å²) >= 11 is 0.978. The fraction of sp³-hybridized carbons (Fsp3) is 0.179. The molecular weight excluding hydrogens is 678 g/mol. The number of benzene rings is 3. The summed E-state index contributed by atoms with van der Waals surface area (Å²) in [5, 5.41) is 0.0438. The Bertz CT molecular complexity index is 2400. The van der Waals surface area contributed by atoms with Gasteiger partial charge in [-0.1, -0.05) is 56.3 Å². The molecule has 1 aliphatic heterocycles. The molecule has 4 N–H and O–H groups in total. The Morgan fingerprint density at radius 3 is 2.33 bits per heavy atom. The number of hydrogen-bond donors (Lipinski definition) is 2. The average molecular weight is 714 g/mol. The van der Waals surface area contributed by atoms with E-state index in [0.29, 0.717) is 65.8 Å². The maximum absolute atomic E-state index is 14.4. The number of nitrogens with zero attached hydrogens (tertiary/aromatic N) is 7. The number of pyridine rings is 2. The van der Waals surface area contributed by atoms with Crippen LogP contribution in [0, 0.1) is 5.82 Å². The normalized spacial score (nSPS) is 13.2. The van der Waals surface area contributed by atoms with Gasteiger partial charge in [-0.15, -0.1) is 11.3 Å². The van der Waals surface area contributed by atoms with Crippen molar-refractivity contribution >= 4 is 50.3 Å². The number of primary amides is 1. The molecule has 7 aromatic rings. The molecule has 262 valence electrons. The van der Waals surface area contributed by atoms with Gasteiger partial charge in [-0.3, -0.25) is 19.1 Å². The minimum absolute atomic E-state index is 0.0438. The molecule has 13 heteroatoms. The monoisotopic (exact) mass is 713 g/mol. The van der Waals surface area contributed by atoms with Crippen molar-refractivity contribution in [3.05, 3.63) is 119 Å². The molecule has 0 spiro atoms. The second-order valence-electron chi connectivity index (χ2n) is 12.0. The van der Waals surface area contributed by atoms with Gasteiger partial charge in [0, 0.05) is 50.2 Å². The fourth-order valence-corrected chi connectivity index (χ4v) is 7.18. The van der Waals surface area contributed by atoms with Gasteiger partial charge in [0.2, 0.25) is 0 Å². The predicted molar refractivity (Wildman–Crippen MR) is 203 cm³/mol. The first-order valence-electron chi connectivity index (χ1n) is 17.0. The highest BCUT2D eigenvalue weighted by Crippen LogP contribution is 2.32. The lowest BCUT2D eigenvalue weighted by atomic mass is 10.1. The third-order valence-corrected chi connectivity index (χ3v) is 9.83. The zero-order chi connectivity index (χ0) is 36.4. The lowest BCUT2D eigenvalue weighted by Gasteiger charge is -2.34. The number of rotatable bonds is 7. The van der Waals surface area contributed by atoms with E-state index < -0.39 is 11.7 Å². The molecule has 3 aromatic carbocycles. The Morgan fingerprint density at radius 1 is 0.865 bits per heavy atom. The average Bonchev–Trinajstić information content (AvgIpc) is 3.78. The molecule has 0 saturated carbocycles. The first-order chi connectivity index (χ1) is 25.3. The first-order valence-corrected chi connectivity index (χ1v) is 17.8. The number of anilines is 1. The molecule has 52 heavy (non-hydrogen) atoms. The highest BCUT2D eigenvalue weighted by atomic mass is 32.1. The summed E-state index contributed by atoms with van der Waals surface area (Å²) < 4.78 is 16.8. The number of hydrogen-bond acceptors (Lipinski definition) is 9. The van der Waals surface area contributed by atoms with Crippen LogP contribution < -0.4 is 11.5 Å². The number of nitrogens with two attached hydrogens (primary N) is 2. The van der Waals surface area contributed by atoms with Crippen LogP contribution >= 0.6 is 11.3 Å².